The molecule has 0 saturated carbocycles. The van der Waals surface area contributed by atoms with E-state index >= 15 is 0 Å². The van der Waals surface area contributed by atoms with Crippen LogP contribution >= 0.6 is 0 Å². The lowest BCUT2D eigenvalue weighted by Gasteiger charge is -2.32. The van der Waals surface area contributed by atoms with Gasteiger partial charge < -0.3 is 10.2 Å². The van der Waals surface area contributed by atoms with E-state index in [-0.39, 0.29) is 5.91 Å². The van der Waals surface area contributed by atoms with E-state index in [1.54, 1.807) is 11.0 Å². The number of nitrogens with one attached hydrogen (secondary N) is 1. The van der Waals surface area contributed by atoms with Gasteiger partial charge in [0.1, 0.15) is 6.04 Å². The normalized spacial score (nSPS) is 26.2. The fourth-order valence-electron chi connectivity index (χ4n) is 2.66. The van der Waals surface area contributed by atoms with Crippen molar-refractivity contribution in [3.05, 3.63) is 0 Å². The molecule has 2 saturated heterocycles. The number of nitrogens with zero attached hydrogens (tertiary/aromatic N) is 3. The molecular weight excluding hydrogens is 280 g/mol. The van der Waals surface area contributed by atoms with E-state index in [0.29, 0.717) is 32.5 Å². The average molecular weight is 300 g/mol. The molecule has 20 heavy (non-hydrogen) atoms. The van der Waals surface area contributed by atoms with Gasteiger partial charge in [-0.3, -0.25) is 4.79 Å². The van der Waals surface area contributed by atoms with E-state index in [1.165, 1.54) is 11.2 Å². The Balaban J connectivity index is 2.15. The summed E-state index contributed by atoms with van der Waals surface area (Å²) in [6, 6.07) is 1.13. The Morgan fingerprint density at radius 3 is 2.60 bits per heavy atom. The Kier molecular flexibility index (Phi) is 4.62. The molecule has 2 rings (SSSR count). The Morgan fingerprint density at radius 1 is 1.35 bits per heavy atom. The van der Waals surface area contributed by atoms with Crippen molar-refractivity contribution >= 4 is 15.9 Å². The maximum absolute atomic E-state index is 12.5. The smallest absolute Gasteiger partial charge is 0.241 e. The highest BCUT2D eigenvalue weighted by Crippen LogP contribution is 2.25. The molecule has 0 aromatic carbocycles. The molecule has 2 unspecified atom stereocenters. The number of rotatable bonds is 3. The summed E-state index contributed by atoms with van der Waals surface area (Å²) in [7, 11) is -3.71. The third-order valence-electron chi connectivity index (χ3n) is 3.87. The second kappa shape index (κ2) is 6.08. The van der Waals surface area contributed by atoms with Gasteiger partial charge >= 0.3 is 0 Å². The molecule has 0 bridgehead atoms. The minimum absolute atomic E-state index is 0.127. The quantitative estimate of drug-likeness (QED) is 0.731. The highest BCUT2D eigenvalue weighted by atomic mass is 32.2. The van der Waals surface area contributed by atoms with Crippen molar-refractivity contribution in [1.82, 2.24) is 14.5 Å². The van der Waals surface area contributed by atoms with Gasteiger partial charge in [-0.2, -0.15) is 9.57 Å². The van der Waals surface area contributed by atoms with Gasteiger partial charge in [-0.25, -0.2) is 8.42 Å². The van der Waals surface area contributed by atoms with Crippen molar-refractivity contribution in [1.29, 1.82) is 5.26 Å². The predicted octanol–water partition coefficient (Wildman–Crippen LogP) is -0.876. The number of hydrogen-bond acceptors (Lipinski definition) is 5. The molecule has 2 fully saturated rings. The highest BCUT2D eigenvalue weighted by molar-refractivity contribution is 7.90. The molecule has 0 radical (unpaired) electrons. The van der Waals surface area contributed by atoms with Gasteiger partial charge in [0, 0.05) is 32.7 Å². The van der Waals surface area contributed by atoms with Gasteiger partial charge in [0.15, 0.2) is 5.25 Å². The molecule has 0 spiro atoms. The molecule has 1 N–H and O–H groups in total. The summed E-state index contributed by atoms with van der Waals surface area (Å²) in [4.78, 5) is 14.2. The number of amides is 1. The predicted molar refractivity (Wildman–Crippen MR) is 73.2 cm³/mol. The van der Waals surface area contributed by atoms with E-state index in [1.807, 2.05) is 0 Å². The van der Waals surface area contributed by atoms with Crippen LogP contribution in [0.5, 0.6) is 0 Å². The van der Waals surface area contributed by atoms with Gasteiger partial charge in [-0.15, -0.1) is 0 Å². The number of hydrogen-bond donors (Lipinski definition) is 1. The van der Waals surface area contributed by atoms with Gasteiger partial charge in [0.05, 0.1) is 6.07 Å². The maximum Gasteiger partial charge on any atom is 0.241 e. The molecule has 7 nitrogen and oxygen atoms in total. The Hall–Kier alpha value is -1.17. The van der Waals surface area contributed by atoms with Crippen LogP contribution < -0.4 is 5.32 Å². The maximum atomic E-state index is 12.5. The van der Waals surface area contributed by atoms with E-state index in [2.05, 4.69) is 5.32 Å². The summed E-state index contributed by atoms with van der Waals surface area (Å²) in [5, 5.41) is 10.9. The van der Waals surface area contributed by atoms with E-state index in [9.17, 15) is 13.2 Å². The number of sulfonamides is 1. The van der Waals surface area contributed by atoms with E-state index < -0.39 is 21.3 Å². The molecular formula is C12H20N4O3S. The summed E-state index contributed by atoms with van der Waals surface area (Å²) in [5.74, 6) is -0.127. The molecule has 112 valence electrons. The minimum atomic E-state index is -3.71. The van der Waals surface area contributed by atoms with Crippen LogP contribution in [0, 0.1) is 11.3 Å². The fourth-order valence-corrected chi connectivity index (χ4v) is 4.13. The summed E-state index contributed by atoms with van der Waals surface area (Å²) in [5.41, 5.74) is 0. The van der Waals surface area contributed by atoms with Gasteiger partial charge in [0.25, 0.3) is 0 Å². The van der Waals surface area contributed by atoms with Gasteiger partial charge in [0.2, 0.25) is 15.9 Å². The van der Waals surface area contributed by atoms with E-state index in [0.717, 1.165) is 13.1 Å². The van der Waals surface area contributed by atoms with Crippen LogP contribution in [0.15, 0.2) is 0 Å². The number of piperazine rings is 1. The molecule has 2 heterocycles. The molecule has 2 aliphatic heterocycles. The minimum Gasteiger partial charge on any atom is -0.339 e. The van der Waals surface area contributed by atoms with Crippen LogP contribution in [0.25, 0.3) is 0 Å². The van der Waals surface area contributed by atoms with Crippen molar-refractivity contribution in [3.63, 3.8) is 0 Å². The zero-order chi connectivity index (χ0) is 14.8. The summed E-state index contributed by atoms with van der Waals surface area (Å²) >= 11 is 0. The first-order valence-electron chi connectivity index (χ1n) is 6.88. The molecule has 0 aromatic heterocycles. The van der Waals surface area contributed by atoms with E-state index in [4.69, 9.17) is 5.26 Å². The van der Waals surface area contributed by atoms with Crippen LogP contribution in [0.3, 0.4) is 0 Å². The molecule has 2 atom stereocenters. The summed E-state index contributed by atoms with van der Waals surface area (Å²) in [6.07, 6.45) is 1.21. The molecule has 0 aromatic rings. The second-order valence-electron chi connectivity index (χ2n) is 5.16. The lowest BCUT2D eigenvalue weighted by Crippen LogP contribution is -2.54. The number of carbonyl (C=O) groups excluding carboxylic acids is 1. The lowest BCUT2D eigenvalue weighted by atomic mass is 10.2. The van der Waals surface area contributed by atoms with Crippen LogP contribution in [-0.2, 0) is 14.8 Å². The molecule has 1 amide bonds. The van der Waals surface area contributed by atoms with Crippen LogP contribution in [-0.4, -0.2) is 67.5 Å². The van der Waals surface area contributed by atoms with Gasteiger partial charge in [-0.1, -0.05) is 0 Å². The monoisotopic (exact) mass is 300 g/mol. The third kappa shape index (κ3) is 2.80. The van der Waals surface area contributed by atoms with Crippen molar-refractivity contribution in [3.8, 4) is 6.07 Å². The standard InChI is InChI=1S/C12H20N4O3S/c1-10(9-13)20(18,19)16-6-2-3-11(16)12(17)15-7-4-14-5-8-15/h10-11,14H,2-8H2,1H3. The van der Waals surface area contributed by atoms with Crippen LogP contribution in [0.2, 0.25) is 0 Å². The first kappa shape index (κ1) is 15.2. The molecule has 8 heteroatoms. The Morgan fingerprint density at radius 2 is 2.00 bits per heavy atom. The lowest BCUT2D eigenvalue weighted by molar-refractivity contribution is -0.135. The fraction of sp³-hybridized carbons (Fsp3) is 0.833. The summed E-state index contributed by atoms with van der Waals surface area (Å²) < 4.78 is 25.8. The van der Waals surface area contributed by atoms with Gasteiger partial charge in [-0.05, 0) is 19.8 Å². The molecule has 2 aliphatic rings. The van der Waals surface area contributed by atoms with Crippen LogP contribution in [0.1, 0.15) is 19.8 Å². The van der Waals surface area contributed by atoms with Crippen molar-refractivity contribution in [2.24, 2.45) is 0 Å². The first-order chi connectivity index (χ1) is 9.48. The van der Waals surface area contributed by atoms with Crippen molar-refractivity contribution < 1.29 is 13.2 Å². The largest absolute Gasteiger partial charge is 0.339 e. The summed E-state index contributed by atoms with van der Waals surface area (Å²) in [6.45, 7) is 4.38. The average Bonchev–Trinajstić information content (AvgIpc) is 2.96. The first-order valence-corrected chi connectivity index (χ1v) is 8.38. The van der Waals surface area contributed by atoms with Crippen molar-refractivity contribution in [2.75, 3.05) is 32.7 Å². The number of nitriles is 1. The number of carbonyl (C=O) groups is 1. The zero-order valence-electron chi connectivity index (χ0n) is 11.6. The highest BCUT2D eigenvalue weighted by Gasteiger charge is 2.42. The topological polar surface area (TPSA) is 93.5 Å². The Labute approximate surface area is 119 Å². The van der Waals surface area contributed by atoms with Crippen molar-refractivity contribution in [2.45, 2.75) is 31.1 Å². The third-order valence-corrected chi connectivity index (χ3v) is 5.96. The Bertz CT molecular complexity index is 507. The second-order valence-corrected chi connectivity index (χ2v) is 7.37. The zero-order valence-corrected chi connectivity index (χ0v) is 12.4. The SMILES string of the molecule is CC(C#N)S(=O)(=O)N1CCCC1C(=O)N1CCNCC1. The van der Waals surface area contributed by atoms with Crippen LogP contribution in [0.4, 0.5) is 0 Å². The molecule has 0 aliphatic carbocycles.